The summed E-state index contributed by atoms with van der Waals surface area (Å²) in [5.41, 5.74) is 0. The van der Waals surface area contributed by atoms with Gasteiger partial charge in [-0.3, -0.25) is 0 Å². The van der Waals surface area contributed by atoms with Gasteiger partial charge >= 0.3 is 0 Å². The van der Waals surface area contributed by atoms with Crippen molar-refractivity contribution in [2.45, 2.75) is 20.1 Å². The third kappa shape index (κ3) is 2.96. The van der Waals surface area contributed by atoms with Crippen molar-refractivity contribution < 1.29 is 9.47 Å². The van der Waals surface area contributed by atoms with Gasteiger partial charge in [0.25, 0.3) is 0 Å². The average Bonchev–Trinajstić information content (AvgIpc) is 2.06. The zero-order valence-corrected chi connectivity index (χ0v) is 8.89. The summed E-state index contributed by atoms with van der Waals surface area (Å²) < 4.78 is 11.1. The molecule has 0 atom stereocenters. The van der Waals surface area contributed by atoms with E-state index in [0.29, 0.717) is 11.8 Å². The predicted octanol–water partition coefficient (Wildman–Crippen LogP) is 1.99. The summed E-state index contributed by atoms with van der Waals surface area (Å²) >= 11 is 1.86. The monoisotopic (exact) mass is 190 g/mol. The third-order valence-electron chi connectivity index (χ3n) is 1.94. The van der Waals surface area contributed by atoms with Crippen molar-refractivity contribution in [1.29, 1.82) is 0 Å². The van der Waals surface area contributed by atoms with Crippen LogP contribution in [-0.2, 0) is 9.47 Å². The number of thioether (sulfide) groups is 1. The molecule has 0 aromatic carbocycles. The Labute approximate surface area is 79.0 Å². The fraction of sp³-hybridized carbons (Fsp3) is 1.00. The zero-order valence-electron chi connectivity index (χ0n) is 8.08. The first-order valence-corrected chi connectivity index (χ1v) is 5.85. The third-order valence-corrected chi connectivity index (χ3v) is 2.74. The Morgan fingerprint density at radius 3 is 2.33 bits per heavy atom. The molecular formula is C9H18O2S. The smallest absolute Gasteiger partial charge is 0.159 e. The van der Waals surface area contributed by atoms with Crippen molar-refractivity contribution in [2.24, 2.45) is 11.8 Å². The normalized spacial score (nSPS) is 31.0. The number of hydrogen-bond acceptors (Lipinski definition) is 3. The van der Waals surface area contributed by atoms with E-state index in [0.717, 1.165) is 19.0 Å². The van der Waals surface area contributed by atoms with Crippen molar-refractivity contribution in [2.75, 3.05) is 25.2 Å². The molecule has 0 amide bonds. The van der Waals surface area contributed by atoms with E-state index in [4.69, 9.17) is 9.47 Å². The van der Waals surface area contributed by atoms with Crippen LogP contribution in [0.2, 0.25) is 0 Å². The van der Waals surface area contributed by atoms with E-state index < -0.39 is 0 Å². The minimum Gasteiger partial charge on any atom is -0.352 e. The topological polar surface area (TPSA) is 18.5 Å². The van der Waals surface area contributed by atoms with Crippen LogP contribution in [0.15, 0.2) is 0 Å². The molecule has 0 aromatic rings. The first kappa shape index (κ1) is 10.4. The molecule has 1 heterocycles. The van der Waals surface area contributed by atoms with E-state index in [2.05, 4.69) is 20.1 Å². The second-order valence-corrected chi connectivity index (χ2v) is 4.51. The van der Waals surface area contributed by atoms with Gasteiger partial charge in [0, 0.05) is 17.6 Å². The van der Waals surface area contributed by atoms with Crippen LogP contribution < -0.4 is 0 Å². The highest BCUT2D eigenvalue weighted by Gasteiger charge is 2.23. The van der Waals surface area contributed by atoms with Crippen LogP contribution in [0.4, 0.5) is 0 Å². The van der Waals surface area contributed by atoms with Gasteiger partial charge in [-0.25, -0.2) is 0 Å². The van der Waals surface area contributed by atoms with Gasteiger partial charge in [-0.1, -0.05) is 13.8 Å². The van der Waals surface area contributed by atoms with Crippen LogP contribution in [0.5, 0.6) is 0 Å². The lowest BCUT2D eigenvalue weighted by molar-refractivity contribution is -0.215. The van der Waals surface area contributed by atoms with Gasteiger partial charge in [0.2, 0.25) is 0 Å². The van der Waals surface area contributed by atoms with Crippen LogP contribution in [-0.4, -0.2) is 31.5 Å². The van der Waals surface area contributed by atoms with Crippen molar-refractivity contribution in [3.05, 3.63) is 0 Å². The molecule has 0 aliphatic carbocycles. The van der Waals surface area contributed by atoms with Crippen LogP contribution in [0, 0.1) is 11.8 Å². The Kier molecular flexibility index (Phi) is 4.40. The summed E-state index contributed by atoms with van der Waals surface area (Å²) in [6.45, 7) is 5.98. The van der Waals surface area contributed by atoms with Crippen molar-refractivity contribution in [3.8, 4) is 0 Å². The van der Waals surface area contributed by atoms with Crippen LogP contribution in [0.1, 0.15) is 13.8 Å². The molecular weight excluding hydrogens is 172 g/mol. The second kappa shape index (κ2) is 5.10. The first-order chi connectivity index (χ1) is 5.74. The highest BCUT2D eigenvalue weighted by molar-refractivity contribution is 7.98. The van der Waals surface area contributed by atoms with Gasteiger partial charge in [-0.15, -0.1) is 0 Å². The summed E-state index contributed by atoms with van der Waals surface area (Å²) in [5.74, 6) is 2.21. The minimum atomic E-state index is 0.0307. The molecule has 0 saturated carbocycles. The van der Waals surface area contributed by atoms with Gasteiger partial charge in [-0.05, 0) is 6.26 Å². The Bertz CT molecular complexity index is 120. The largest absolute Gasteiger partial charge is 0.352 e. The van der Waals surface area contributed by atoms with Crippen LogP contribution in [0.3, 0.4) is 0 Å². The number of ether oxygens (including phenoxy) is 2. The lowest BCUT2D eigenvalue weighted by Gasteiger charge is -2.31. The number of hydrogen-bond donors (Lipinski definition) is 0. The maximum Gasteiger partial charge on any atom is 0.159 e. The van der Waals surface area contributed by atoms with E-state index in [1.54, 1.807) is 0 Å². The molecule has 0 radical (unpaired) electrons. The molecule has 0 spiro atoms. The highest BCUT2D eigenvalue weighted by Crippen LogP contribution is 2.19. The Balaban J connectivity index is 2.20. The minimum absolute atomic E-state index is 0.0307. The lowest BCUT2D eigenvalue weighted by Crippen LogP contribution is -2.36. The summed E-state index contributed by atoms with van der Waals surface area (Å²) in [6.07, 6.45) is 2.15. The van der Waals surface area contributed by atoms with Crippen molar-refractivity contribution in [3.63, 3.8) is 0 Å². The van der Waals surface area contributed by atoms with E-state index >= 15 is 0 Å². The molecule has 0 aromatic heterocycles. The maximum absolute atomic E-state index is 5.57. The molecule has 1 aliphatic rings. The molecule has 1 rings (SSSR count). The van der Waals surface area contributed by atoms with Gasteiger partial charge in [0.05, 0.1) is 13.2 Å². The average molecular weight is 190 g/mol. The predicted molar refractivity (Wildman–Crippen MR) is 52.4 cm³/mol. The van der Waals surface area contributed by atoms with Crippen molar-refractivity contribution >= 4 is 11.8 Å². The van der Waals surface area contributed by atoms with Gasteiger partial charge < -0.3 is 9.47 Å². The molecule has 2 nitrogen and oxygen atoms in total. The fourth-order valence-corrected chi connectivity index (χ4v) is 1.94. The SMILES string of the molecule is CSCC1COC(C(C)C)OC1. The summed E-state index contributed by atoms with van der Waals surface area (Å²) in [5, 5.41) is 0. The molecule has 1 saturated heterocycles. The Hall–Kier alpha value is 0.270. The molecule has 3 heteroatoms. The second-order valence-electron chi connectivity index (χ2n) is 3.60. The molecule has 0 bridgehead atoms. The van der Waals surface area contributed by atoms with Gasteiger partial charge in [0.15, 0.2) is 6.29 Å². The van der Waals surface area contributed by atoms with Crippen LogP contribution in [0.25, 0.3) is 0 Å². The maximum atomic E-state index is 5.57. The summed E-state index contributed by atoms with van der Waals surface area (Å²) in [7, 11) is 0. The molecule has 1 aliphatic heterocycles. The van der Waals surface area contributed by atoms with E-state index in [1.807, 2.05) is 11.8 Å². The van der Waals surface area contributed by atoms with Gasteiger partial charge in [0.1, 0.15) is 0 Å². The molecule has 12 heavy (non-hydrogen) atoms. The Morgan fingerprint density at radius 2 is 1.92 bits per heavy atom. The molecule has 0 N–H and O–H groups in total. The number of rotatable bonds is 3. The van der Waals surface area contributed by atoms with Gasteiger partial charge in [-0.2, -0.15) is 11.8 Å². The molecule has 1 fully saturated rings. The quantitative estimate of drug-likeness (QED) is 0.678. The summed E-state index contributed by atoms with van der Waals surface area (Å²) in [4.78, 5) is 0. The van der Waals surface area contributed by atoms with Crippen LogP contribution >= 0.6 is 11.8 Å². The highest BCUT2D eigenvalue weighted by atomic mass is 32.2. The van der Waals surface area contributed by atoms with E-state index in [1.165, 1.54) is 0 Å². The van der Waals surface area contributed by atoms with E-state index in [9.17, 15) is 0 Å². The fourth-order valence-electron chi connectivity index (χ4n) is 1.27. The first-order valence-electron chi connectivity index (χ1n) is 4.46. The van der Waals surface area contributed by atoms with Crippen molar-refractivity contribution in [1.82, 2.24) is 0 Å². The standard InChI is InChI=1S/C9H18O2S/c1-7(2)9-10-4-8(5-11-9)6-12-3/h7-9H,4-6H2,1-3H3. The lowest BCUT2D eigenvalue weighted by atomic mass is 10.1. The molecule has 0 unspecified atom stereocenters. The zero-order chi connectivity index (χ0) is 8.97. The summed E-state index contributed by atoms with van der Waals surface area (Å²) in [6, 6.07) is 0. The van der Waals surface area contributed by atoms with E-state index in [-0.39, 0.29) is 6.29 Å². The molecule has 72 valence electrons. The Morgan fingerprint density at radius 1 is 1.33 bits per heavy atom.